The van der Waals surface area contributed by atoms with Crippen molar-refractivity contribution in [3.05, 3.63) is 154 Å². The summed E-state index contributed by atoms with van der Waals surface area (Å²) in [7, 11) is 0. The van der Waals surface area contributed by atoms with Gasteiger partial charge in [-0.3, -0.25) is 4.90 Å². The second-order valence-electron chi connectivity index (χ2n) is 10.1. The molecule has 0 radical (unpaired) electrons. The van der Waals surface area contributed by atoms with Crippen molar-refractivity contribution in [2.75, 3.05) is 9.80 Å². The van der Waals surface area contributed by atoms with Crippen molar-refractivity contribution in [1.82, 2.24) is 0 Å². The highest BCUT2D eigenvalue weighted by Crippen LogP contribution is 2.40. The van der Waals surface area contributed by atoms with Crippen LogP contribution in [0.4, 0.5) is 32.8 Å². The number of ether oxygens (including phenoxy) is 1. The predicted octanol–water partition coefficient (Wildman–Crippen LogP) is 11.1. The quantitative estimate of drug-likeness (QED) is 0.162. The maximum absolute atomic E-state index is 6.12. The van der Waals surface area contributed by atoms with Gasteiger partial charge in [-0.2, -0.15) is 0 Å². The van der Waals surface area contributed by atoms with Crippen LogP contribution >= 0.6 is 22.7 Å². The van der Waals surface area contributed by atoms with Gasteiger partial charge in [0, 0.05) is 22.7 Å². The highest BCUT2D eigenvalue weighted by molar-refractivity contribution is 7.16. The van der Waals surface area contributed by atoms with E-state index in [1.165, 1.54) is 21.1 Å². The van der Waals surface area contributed by atoms with Crippen LogP contribution in [-0.4, -0.2) is 0 Å². The number of nitrogens with zero attached hydrogens (tertiary/aromatic N) is 2. The molecule has 204 valence electrons. The first-order valence-corrected chi connectivity index (χ1v) is 15.5. The van der Waals surface area contributed by atoms with Gasteiger partial charge >= 0.3 is 0 Å². The summed E-state index contributed by atoms with van der Waals surface area (Å²) in [6.45, 7) is 5.37. The molecule has 0 aliphatic heterocycles. The lowest BCUT2D eigenvalue weighted by Gasteiger charge is -2.26. The standard InChI is InChI=1S/C36H32N2OS2/c1-27-7-15-31(16-8-27)37(32-17-9-28(2)10-18-32)33-19-11-29(12-20-33)25-39-26-30-13-21-34(22-14-30)38(35-5-3-23-40-35)36-6-4-24-41-36/h3-24H,25-26H2,1-2H3. The average molecular weight is 573 g/mol. The van der Waals surface area contributed by atoms with Crippen LogP contribution in [0.2, 0.25) is 0 Å². The largest absolute Gasteiger partial charge is 0.372 e. The molecule has 0 aliphatic carbocycles. The first-order valence-electron chi connectivity index (χ1n) is 13.7. The van der Waals surface area contributed by atoms with Crippen LogP contribution in [0.25, 0.3) is 0 Å². The molecule has 6 rings (SSSR count). The third kappa shape index (κ3) is 6.44. The number of hydrogen-bond acceptors (Lipinski definition) is 5. The molecule has 6 aromatic rings. The number of aryl methyl sites for hydroxylation is 2. The lowest BCUT2D eigenvalue weighted by Crippen LogP contribution is -2.10. The molecule has 2 heterocycles. The maximum Gasteiger partial charge on any atom is 0.101 e. The van der Waals surface area contributed by atoms with E-state index in [9.17, 15) is 0 Å². The van der Waals surface area contributed by atoms with E-state index in [0.717, 1.165) is 33.9 Å². The van der Waals surface area contributed by atoms with Crippen LogP contribution in [0, 0.1) is 13.8 Å². The summed E-state index contributed by atoms with van der Waals surface area (Å²) in [4.78, 5) is 4.60. The normalized spacial score (nSPS) is 11.0. The van der Waals surface area contributed by atoms with Gasteiger partial charge in [0.25, 0.3) is 0 Å². The van der Waals surface area contributed by atoms with Gasteiger partial charge in [0.05, 0.1) is 13.2 Å². The predicted molar refractivity (Wildman–Crippen MR) is 176 cm³/mol. The van der Waals surface area contributed by atoms with E-state index < -0.39 is 0 Å². The van der Waals surface area contributed by atoms with Gasteiger partial charge in [0.1, 0.15) is 10.0 Å². The van der Waals surface area contributed by atoms with Gasteiger partial charge in [-0.1, -0.05) is 59.7 Å². The second kappa shape index (κ2) is 12.6. The zero-order valence-electron chi connectivity index (χ0n) is 23.2. The molecule has 0 aliphatic rings. The number of rotatable bonds is 10. The van der Waals surface area contributed by atoms with Gasteiger partial charge in [-0.05, 0) is 109 Å². The Hall–Kier alpha value is -4.16. The topological polar surface area (TPSA) is 15.7 Å². The third-order valence-electron chi connectivity index (χ3n) is 6.96. The molecular formula is C36H32N2OS2. The Bertz CT molecular complexity index is 1560. The van der Waals surface area contributed by atoms with E-state index in [1.807, 2.05) is 0 Å². The van der Waals surface area contributed by atoms with Crippen LogP contribution in [0.5, 0.6) is 0 Å². The Morgan fingerprint density at radius 1 is 0.463 bits per heavy atom. The van der Waals surface area contributed by atoms with Crippen molar-refractivity contribution in [2.45, 2.75) is 27.1 Å². The molecule has 0 saturated carbocycles. The van der Waals surface area contributed by atoms with E-state index in [2.05, 4.69) is 156 Å². The van der Waals surface area contributed by atoms with Gasteiger partial charge in [-0.15, -0.1) is 22.7 Å². The van der Waals surface area contributed by atoms with E-state index in [0.29, 0.717) is 13.2 Å². The molecule has 0 spiro atoms. The molecule has 0 unspecified atom stereocenters. The first kappa shape index (κ1) is 27.0. The molecule has 4 aromatic carbocycles. The van der Waals surface area contributed by atoms with Crippen molar-refractivity contribution < 1.29 is 4.74 Å². The van der Waals surface area contributed by atoms with Crippen molar-refractivity contribution in [3.63, 3.8) is 0 Å². The minimum absolute atomic E-state index is 0.563. The molecule has 0 bridgehead atoms. The summed E-state index contributed by atoms with van der Waals surface area (Å²) in [5, 5.41) is 6.66. The lowest BCUT2D eigenvalue weighted by molar-refractivity contribution is 0.107. The molecule has 0 N–H and O–H groups in total. The molecule has 41 heavy (non-hydrogen) atoms. The minimum atomic E-state index is 0.563. The molecule has 0 saturated heterocycles. The number of anilines is 6. The molecular weight excluding hydrogens is 541 g/mol. The molecule has 0 fully saturated rings. The van der Waals surface area contributed by atoms with E-state index >= 15 is 0 Å². The van der Waals surface area contributed by atoms with Gasteiger partial charge in [0.2, 0.25) is 0 Å². The summed E-state index contributed by atoms with van der Waals surface area (Å²) in [6.07, 6.45) is 0. The van der Waals surface area contributed by atoms with E-state index in [1.54, 1.807) is 22.7 Å². The molecule has 2 aromatic heterocycles. The fraction of sp³-hybridized carbons (Fsp3) is 0.111. The van der Waals surface area contributed by atoms with Crippen LogP contribution in [-0.2, 0) is 18.0 Å². The Labute approximate surface area is 250 Å². The van der Waals surface area contributed by atoms with Crippen LogP contribution in [0.1, 0.15) is 22.3 Å². The Balaban J connectivity index is 1.12. The summed E-state index contributed by atoms with van der Waals surface area (Å²) in [5.41, 5.74) is 9.38. The SMILES string of the molecule is Cc1ccc(N(c2ccc(C)cc2)c2ccc(COCc3ccc(N(c4cccs4)c4cccs4)cc3)cc2)cc1. The second-order valence-corrected chi connectivity index (χ2v) is 11.9. The van der Waals surface area contributed by atoms with Crippen molar-refractivity contribution in [3.8, 4) is 0 Å². The zero-order chi connectivity index (χ0) is 28.0. The number of thiophene rings is 2. The Morgan fingerprint density at radius 2 is 0.829 bits per heavy atom. The molecule has 5 heteroatoms. The Kier molecular flexibility index (Phi) is 8.28. The van der Waals surface area contributed by atoms with E-state index in [4.69, 9.17) is 4.74 Å². The summed E-state index contributed by atoms with van der Waals surface area (Å²) < 4.78 is 6.12. The van der Waals surface area contributed by atoms with Crippen molar-refractivity contribution in [2.24, 2.45) is 0 Å². The monoisotopic (exact) mass is 572 g/mol. The third-order valence-corrected chi connectivity index (χ3v) is 8.67. The zero-order valence-corrected chi connectivity index (χ0v) is 24.9. The van der Waals surface area contributed by atoms with Crippen molar-refractivity contribution >= 4 is 55.4 Å². The van der Waals surface area contributed by atoms with Gasteiger partial charge in [0.15, 0.2) is 0 Å². The highest BCUT2D eigenvalue weighted by Gasteiger charge is 2.15. The van der Waals surface area contributed by atoms with Gasteiger partial charge in [-0.25, -0.2) is 0 Å². The summed E-state index contributed by atoms with van der Waals surface area (Å²) >= 11 is 3.49. The first-order chi connectivity index (χ1) is 20.1. The fourth-order valence-electron chi connectivity index (χ4n) is 4.76. The molecule has 3 nitrogen and oxygen atoms in total. The Morgan fingerprint density at radius 3 is 1.20 bits per heavy atom. The molecule has 0 amide bonds. The minimum Gasteiger partial charge on any atom is -0.372 e. The smallest absolute Gasteiger partial charge is 0.101 e. The molecule has 0 atom stereocenters. The lowest BCUT2D eigenvalue weighted by atomic mass is 10.1. The number of benzene rings is 4. The maximum atomic E-state index is 6.12. The summed E-state index contributed by atoms with van der Waals surface area (Å²) in [5.74, 6) is 0. The van der Waals surface area contributed by atoms with Crippen molar-refractivity contribution in [1.29, 1.82) is 0 Å². The van der Waals surface area contributed by atoms with E-state index in [-0.39, 0.29) is 0 Å². The van der Waals surface area contributed by atoms with Crippen LogP contribution < -0.4 is 9.80 Å². The van der Waals surface area contributed by atoms with Crippen LogP contribution in [0.15, 0.2) is 132 Å². The average Bonchev–Trinajstić information content (AvgIpc) is 3.73. The van der Waals surface area contributed by atoms with Crippen LogP contribution in [0.3, 0.4) is 0 Å². The summed E-state index contributed by atoms with van der Waals surface area (Å²) in [6, 6.07) is 43.2. The fourth-order valence-corrected chi connectivity index (χ4v) is 6.34. The number of hydrogen-bond donors (Lipinski definition) is 0. The highest BCUT2D eigenvalue weighted by atomic mass is 32.1. The van der Waals surface area contributed by atoms with Gasteiger partial charge < -0.3 is 9.64 Å².